The van der Waals surface area contributed by atoms with Gasteiger partial charge in [-0.1, -0.05) is 22.0 Å². The van der Waals surface area contributed by atoms with E-state index in [2.05, 4.69) is 31.6 Å². The normalized spacial score (nSPS) is 11.4. The summed E-state index contributed by atoms with van der Waals surface area (Å²) in [4.78, 5) is 15.1. The third-order valence-electron chi connectivity index (χ3n) is 3.49. The van der Waals surface area contributed by atoms with Crippen LogP contribution in [0.5, 0.6) is 0 Å². The number of aryl methyl sites for hydroxylation is 1. The summed E-state index contributed by atoms with van der Waals surface area (Å²) in [5, 5.41) is 6.21. The van der Waals surface area contributed by atoms with Gasteiger partial charge in [0.05, 0.1) is 6.54 Å². The second-order valence-electron chi connectivity index (χ2n) is 5.32. The van der Waals surface area contributed by atoms with Crippen LogP contribution in [0.4, 0.5) is 4.39 Å². The molecule has 0 spiro atoms. The van der Waals surface area contributed by atoms with E-state index in [0.717, 1.165) is 10.9 Å². The van der Waals surface area contributed by atoms with E-state index < -0.39 is 5.91 Å². The highest BCUT2D eigenvalue weighted by Gasteiger charge is 2.07. The van der Waals surface area contributed by atoms with E-state index in [1.165, 1.54) is 12.1 Å². The average molecular weight is 411 g/mol. The number of nitrogens with two attached hydrogens (primary N) is 1. The van der Waals surface area contributed by atoms with E-state index in [-0.39, 0.29) is 11.6 Å². The monoisotopic (exact) mass is 410 g/mol. The molecule has 2 aromatic rings. The Bertz CT molecular complexity index is 761. The minimum atomic E-state index is -0.603. The van der Waals surface area contributed by atoms with Gasteiger partial charge in [0.1, 0.15) is 11.6 Å². The van der Waals surface area contributed by atoms with E-state index >= 15 is 0 Å². The molecular weight excluding hydrogens is 391 g/mol. The molecule has 0 bridgehead atoms. The Labute approximate surface area is 153 Å². The largest absolute Gasteiger partial charge is 0.454 e. The fourth-order valence-corrected chi connectivity index (χ4v) is 2.54. The van der Waals surface area contributed by atoms with Crippen LogP contribution in [0, 0.1) is 5.82 Å². The molecule has 0 saturated carbocycles. The van der Waals surface area contributed by atoms with Crippen molar-refractivity contribution in [3.8, 4) is 0 Å². The number of carbonyl (C=O) groups excluding carboxylic acids is 1. The zero-order valence-electron chi connectivity index (χ0n) is 13.8. The number of carbonyl (C=O) groups is 1. The lowest BCUT2D eigenvalue weighted by molar-refractivity contribution is 0.0972. The van der Waals surface area contributed by atoms with Crippen molar-refractivity contribution >= 4 is 27.8 Å². The number of amides is 1. The summed E-state index contributed by atoms with van der Waals surface area (Å²) in [6, 6.07) is 8.28. The predicted octanol–water partition coefficient (Wildman–Crippen LogP) is 2.58. The summed E-state index contributed by atoms with van der Waals surface area (Å²) in [6.07, 6.45) is 1.38. The first-order chi connectivity index (χ1) is 12.0. The average Bonchev–Trinajstić information content (AvgIpc) is 3.05. The number of nitrogens with one attached hydrogen (secondary N) is 2. The van der Waals surface area contributed by atoms with Crippen LogP contribution in [0.1, 0.15) is 28.3 Å². The Hall–Kier alpha value is -2.35. The SMILES string of the molecule is CN=C(NCCCc1ccc(Br)cc1F)NCc1ccc(C(N)=O)o1. The summed E-state index contributed by atoms with van der Waals surface area (Å²) in [7, 11) is 1.65. The smallest absolute Gasteiger partial charge is 0.284 e. The summed E-state index contributed by atoms with van der Waals surface area (Å²) in [6.45, 7) is 1.01. The van der Waals surface area contributed by atoms with Gasteiger partial charge in [-0.05, 0) is 42.7 Å². The predicted molar refractivity (Wildman–Crippen MR) is 97.8 cm³/mol. The van der Waals surface area contributed by atoms with Crippen LogP contribution in [0.3, 0.4) is 0 Å². The Kier molecular flexibility index (Phi) is 7.00. The number of benzene rings is 1. The number of furan rings is 1. The van der Waals surface area contributed by atoms with Crippen LogP contribution in [0.15, 0.2) is 44.2 Å². The summed E-state index contributed by atoms with van der Waals surface area (Å²) >= 11 is 3.24. The van der Waals surface area contributed by atoms with Crippen molar-refractivity contribution in [1.82, 2.24) is 10.6 Å². The molecule has 8 heteroatoms. The van der Waals surface area contributed by atoms with Gasteiger partial charge in [0.25, 0.3) is 5.91 Å². The molecule has 1 heterocycles. The maximum atomic E-state index is 13.7. The molecule has 1 amide bonds. The van der Waals surface area contributed by atoms with Gasteiger partial charge in [-0.25, -0.2) is 4.39 Å². The molecule has 0 aliphatic carbocycles. The van der Waals surface area contributed by atoms with Crippen molar-refractivity contribution in [1.29, 1.82) is 0 Å². The van der Waals surface area contributed by atoms with Crippen molar-refractivity contribution < 1.29 is 13.6 Å². The van der Waals surface area contributed by atoms with Crippen LogP contribution in [0.25, 0.3) is 0 Å². The summed E-state index contributed by atoms with van der Waals surface area (Å²) in [5.41, 5.74) is 5.82. The Balaban J connectivity index is 1.73. The number of hydrogen-bond acceptors (Lipinski definition) is 3. The van der Waals surface area contributed by atoms with Gasteiger partial charge < -0.3 is 20.8 Å². The minimum Gasteiger partial charge on any atom is -0.454 e. The fourth-order valence-electron chi connectivity index (χ4n) is 2.21. The van der Waals surface area contributed by atoms with Crippen LogP contribution < -0.4 is 16.4 Å². The Morgan fingerprint density at radius 1 is 1.32 bits per heavy atom. The second-order valence-corrected chi connectivity index (χ2v) is 6.24. The van der Waals surface area contributed by atoms with Gasteiger partial charge >= 0.3 is 0 Å². The minimum absolute atomic E-state index is 0.122. The molecule has 2 rings (SSSR count). The number of hydrogen-bond donors (Lipinski definition) is 3. The second kappa shape index (κ2) is 9.22. The molecule has 0 aliphatic heterocycles. The molecule has 0 fully saturated rings. The topological polar surface area (TPSA) is 92.6 Å². The van der Waals surface area contributed by atoms with Gasteiger partial charge in [-0.2, -0.15) is 0 Å². The van der Waals surface area contributed by atoms with Gasteiger partial charge in [0.2, 0.25) is 0 Å². The van der Waals surface area contributed by atoms with Gasteiger partial charge in [0, 0.05) is 18.1 Å². The van der Waals surface area contributed by atoms with Gasteiger partial charge in [-0.15, -0.1) is 0 Å². The van der Waals surface area contributed by atoms with Crippen molar-refractivity contribution in [3.05, 3.63) is 57.7 Å². The highest BCUT2D eigenvalue weighted by molar-refractivity contribution is 9.10. The van der Waals surface area contributed by atoms with Crippen LogP contribution in [-0.2, 0) is 13.0 Å². The van der Waals surface area contributed by atoms with Crippen molar-refractivity contribution in [3.63, 3.8) is 0 Å². The van der Waals surface area contributed by atoms with Crippen LogP contribution in [-0.4, -0.2) is 25.5 Å². The number of primary amides is 1. The molecule has 134 valence electrons. The Morgan fingerprint density at radius 3 is 2.76 bits per heavy atom. The Morgan fingerprint density at radius 2 is 2.12 bits per heavy atom. The molecule has 25 heavy (non-hydrogen) atoms. The van der Waals surface area contributed by atoms with Crippen molar-refractivity contribution in [2.24, 2.45) is 10.7 Å². The lowest BCUT2D eigenvalue weighted by Gasteiger charge is -2.11. The number of halogens is 2. The van der Waals surface area contributed by atoms with E-state index in [1.807, 2.05) is 6.07 Å². The number of guanidine groups is 1. The van der Waals surface area contributed by atoms with E-state index in [4.69, 9.17) is 10.2 Å². The number of aliphatic imine (C=N–C) groups is 1. The molecule has 0 unspecified atom stereocenters. The zero-order valence-corrected chi connectivity index (χ0v) is 15.4. The summed E-state index contributed by atoms with van der Waals surface area (Å²) in [5.74, 6) is 0.479. The summed E-state index contributed by atoms with van der Waals surface area (Å²) < 4.78 is 19.8. The van der Waals surface area contributed by atoms with Crippen LogP contribution >= 0.6 is 15.9 Å². The lowest BCUT2D eigenvalue weighted by atomic mass is 10.1. The lowest BCUT2D eigenvalue weighted by Crippen LogP contribution is -2.37. The third-order valence-corrected chi connectivity index (χ3v) is 3.98. The molecule has 4 N–H and O–H groups in total. The number of nitrogens with zero attached hydrogens (tertiary/aromatic N) is 1. The van der Waals surface area contributed by atoms with E-state index in [0.29, 0.717) is 36.8 Å². The standard InChI is InChI=1S/C17H20BrFN4O2/c1-21-17(23-10-13-6-7-15(25-13)16(20)24)22-8-2-3-11-4-5-12(18)9-14(11)19/h4-7,9H,2-3,8,10H2,1H3,(H2,20,24)(H2,21,22,23). The maximum Gasteiger partial charge on any atom is 0.284 e. The van der Waals surface area contributed by atoms with Gasteiger partial charge in [-0.3, -0.25) is 9.79 Å². The van der Waals surface area contributed by atoms with E-state index in [1.54, 1.807) is 19.2 Å². The van der Waals surface area contributed by atoms with Crippen molar-refractivity contribution in [2.45, 2.75) is 19.4 Å². The fraction of sp³-hybridized carbons (Fsp3) is 0.294. The molecule has 1 aromatic carbocycles. The third kappa shape index (κ3) is 5.90. The first kappa shape index (κ1) is 19.0. The highest BCUT2D eigenvalue weighted by Crippen LogP contribution is 2.16. The van der Waals surface area contributed by atoms with Crippen molar-refractivity contribution in [2.75, 3.05) is 13.6 Å². The molecule has 6 nitrogen and oxygen atoms in total. The first-order valence-electron chi connectivity index (χ1n) is 7.76. The number of rotatable bonds is 7. The van der Waals surface area contributed by atoms with Crippen LogP contribution in [0.2, 0.25) is 0 Å². The molecule has 0 radical (unpaired) electrons. The van der Waals surface area contributed by atoms with Gasteiger partial charge in [0.15, 0.2) is 11.7 Å². The molecule has 0 atom stereocenters. The maximum absolute atomic E-state index is 13.7. The molecule has 1 aromatic heterocycles. The zero-order chi connectivity index (χ0) is 18.2. The highest BCUT2D eigenvalue weighted by atomic mass is 79.9. The molecule has 0 aliphatic rings. The molecule has 0 saturated heterocycles. The van der Waals surface area contributed by atoms with E-state index in [9.17, 15) is 9.18 Å². The quantitative estimate of drug-likeness (QED) is 0.371. The molecular formula is C17H20BrFN4O2. The first-order valence-corrected chi connectivity index (χ1v) is 8.56.